The van der Waals surface area contributed by atoms with Gasteiger partial charge in [-0.15, -0.1) is 11.8 Å². The zero-order chi connectivity index (χ0) is 12.3. The summed E-state index contributed by atoms with van der Waals surface area (Å²) in [5.41, 5.74) is 5.74. The predicted molar refractivity (Wildman–Crippen MR) is 72.8 cm³/mol. The second kappa shape index (κ2) is 5.83. The lowest BCUT2D eigenvalue weighted by Crippen LogP contribution is -2.08. The molecule has 2 N–H and O–H groups in total. The quantitative estimate of drug-likeness (QED) is 0.849. The van der Waals surface area contributed by atoms with Gasteiger partial charge in [-0.05, 0) is 30.3 Å². The molecule has 0 radical (unpaired) electrons. The molecule has 2 aromatic rings. The van der Waals surface area contributed by atoms with Crippen molar-refractivity contribution >= 4 is 35.0 Å². The Morgan fingerprint density at radius 1 is 1.29 bits per heavy atom. The molecule has 17 heavy (non-hydrogen) atoms. The maximum absolute atomic E-state index is 6.11. The lowest BCUT2D eigenvalue weighted by atomic mass is 10.3. The fourth-order valence-corrected chi connectivity index (χ4v) is 2.93. The molecular weight excluding hydrogens is 277 g/mol. The first-order valence-corrected chi connectivity index (χ1v) is 6.69. The lowest BCUT2D eigenvalue weighted by Gasteiger charge is -2.12. The SMILES string of the molecule is NCC(Sc1cc(Cl)ccc1Cl)c1ccco1. The molecule has 0 aliphatic carbocycles. The van der Waals surface area contributed by atoms with Crippen LogP contribution in [0, 0.1) is 0 Å². The van der Waals surface area contributed by atoms with E-state index in [-0.39, 0.29) is 5.25 Å². The highest BCUT2D eigenvalue weighted by atomic mass is 35.5. The molecule has 0 amide bonds. The van der Waals surface area contributed by atoms with Crippen LogP contribution in [-0.2, 0) is 0 Å². The van der Waals surface area contributed by atoms with Crippen LogP contribution in [0.3, 0.4) is 0 Å². The van der Waals surface area contributed by atoms with Crippen LogP contribution in [0.1, 0.15) is 11.0 Å². The zero-order valence-electron chi connectivity index (χ0n) is 8.90. The Balaban J connectivity index is 2.21. The fraction of sp³-hybridized carbons (Fsp3) is 0.167. The van der Waals surface area contributed by atoms with Crippen molar-refractivity contribution in [2.75, 3.05) is 6.54 Å². The van der Waals surface area contributed by atoms with Crippen LogP contribution in [0.5, 0.6) is 0 Å². The minimum atomic E-state index is 0.0426. The normalized spacial score (nSPS) is 12.6. The molecule has 0 bridgehead atoms. The van der Waals surface area contributed by atoms with Gasteiger partial charge in [0.1, 0.15) is 5.76 Å². The maximum atomic E-state index is 6.11. The van der Waals surface area contributed by atoms with Gasteiger partial charge in [-0.1, -0.05) is 23.2 Å². The molecule has 0 aliphatic rings. The third-order valence-electron chi connectivity index (χ3n) is 2.24. The molecule has 0 spiro atoms. The van der Waals surface area contributed by atoms with Gasteiger partial charge in [0.2, 0.25) is 0 Å². The number of thioether (sulfide) groups is 1. The molecule has 0 saturated carbocycles. The standard InChI is InChI=1S/C12H11Cl2NOS/c13-8-3-4-9(14)11(6-8)17-12(7-15)10-2-1-5-16-10/h1-6,12H,7,15H2. The summed E-state index contributed by atoms with van der Waals surface area (Å²) >= 11 is 13.6. The van der Waals surface area contributed by atoms with E-state index >= 15 is 0 Å². The molecular formula is C12H11Cl2NOS. The highest BCUT2D eigenvalue weighted by molar-refractivity contribution is 7.99. The van der Waals surface area contributed by atoms with E-state index in [1.54, 1.807) is 30.2 Å². The number of hydrogen-bond acceptors (Lipinski definition) is 3. The number of halogens is 2. The zero-order valence-corrected chi connectivity index (χ0v) is 11.2. The van der Waals surface area contributed by atoms with Crippen LogP contribution >= 0.6 is 35.0 Å². The molecule has 0 aliphatic heterocycles. The van der Waals surface area contributed by atoms with E-state index in [0.717, 1.165) is 10.7 Å². The Morgan fingerprint density at radius 2 is 2.12 bits per heavy atom. The van der Waals surface area contributed by atoms with Crippen LogP contribution in [0.15, 0.2) is 45.9 Å². The maximum Gasteiger partial charge on any atom is 0.118 e. The van der Waals surface area contributed by atoms with Gasteiger partial charge in [-0.3, -0.25) is 0 Å². The van der Waals surface area contributed by atoms with Crippen LogP contribution < -0.4 is 5.73 Å². The van der Waals surface area contributed by atoms with E-state index in [1.807, 2.05) is 18.2 Å². The second-order valence-corrected chi connectivity index (χ2v) is 5.52. The molecule has 2 rings (SSSR count). The van der Waals surface area contributed by atoms with E-state index in [0.29, 0.717) is 16.6 Å². The third-order valence-corrected chi connectivity index (χ3v) is 4.21. The highest BCUT2D eigenvalue weighted by Crippen LogP contribution is 2.39. The summed E-state index contributed by atoms with van der Waals surface area (Å²) in [6.07, 6.45) is 1.64. The van der Waals surface area contributed by atoms with Crippen LogP contribution in [0.2, 0.25) is 10.0 Å². The monoisotopic (exact) mass is 287 g/mol. The molecule has 0 saturated heterocycles. The summed E-state index contributed by atoms with van der Waals surface area (Å²) in [4.78, 5) is 0.908. The van der Waals surface area contributed by atoms with E-state index in [4.69, 9.17) is 33.4 Å². The Hall–Kier alpha value is -0.610. The first-order valence-electron chi connectivity index (χ1n) is 5.06. The number of furan rings is 1. The molecule has 1 atom stereocenters. The molecule has 1 unspecified atom stereocenters. The van der Waals surface area contributed by atoms with Crippen molar-refractivity contribution in [1.82, 2.24) is 0 Å². The molecule has 90 valence electrons. The van der Waals surface area contributed by atoms with Crippen molar-refractivity contribution in [1.29, 1.82) is 0 Å². The van der Waals surface area contributed by atoms with Crippen molar-refractivity contribution < 1.29 is 4.42 Å². The van der Waals surface area contributed by atoms with Gasteiger partial charge in [0.25, 0.3) is 0 Å². The molecule has 1 aromatic carbocycles. The molecule has 1 aromatic heterocycles. The average molecular weight is 288 g/mol. The van der Waals surface area contributed by atoms with E-state index in [1.165, 1.54) is 0 Å². The summed E-state index contributed by atoms with van der Waals surface area (Å²) in [7, 11) is 0. The first kappa shape index (κ1) is 12.8. The molecule has 2 nitrogen and oxygen atoms in total. The molecule has 0 fully saturated rings. The minimum Gasteiger partial charge on any atom is -0.468 e. The lowest BCUT2D eigenvalue weighted by molar-refractivity contribution is 0.507. The summed E-state index contributed by atoms with van der Waals surface area (Å²) in [6.45, 7) is 0.473. The fourth-order valence-electron chi connectivity index (χ4n) is 1.42. The summed E-state index contributed by atoms with van der Waals surface area (Å²) in [5.74, 6) is 0.841. The molecule has 5 heteroatoms. The van der Waals surface area contributed by atoms with Gasteiger partial charge in [-0.25, -0.2) is 0 Å². The molecule has 1 heterocycles. The van der Waals surface area contributed by atoms with Crippen molar-refractivity contribution in [2.45, 2.75) is 10.1 Å². The number of nitrogens with two attached hydrogens (primary N) is 1. The van der Waals surface area contributed by atoms with Gasteiger partial charge in [0, 0.05) is 16.5 Å². The summed E-state index contributed by atoms with van der Waals surface area (Å²) < 4.78 is 5.35. The summed E-state index contributed by atoms with van der Waals surface area (Å²) in [6, 6.07) is 9.13. The third kappa shape index (κ3) is 3.19. The van der Waals surface area contributed by atoms with Crippen LogP contribution in [-0.4, -0.2) is 6.54 Å². The van der Waals surface area contributed by atoms with E-state index in [2.05, 4.69) is 0 Å². The largest absolute Gasteiger partial charge is 0.468 e. The van der Waals surface area contributed by atoms with Gasteiger partial charge >= 0.3 is 0 Å². The van der Waals surface area contributed by atoms with Gasteiger partial charge in [0.05, 0.1) is 16.5 Å². The Kier molecular flexibility index (Phi) is 4.40. The van der Waals surface area contributed by atoms with Gasteiger partial charge in [-0.2, -0.15) is 0 Å². The Morgan fingerprint density at radius 3 is 2.76 bits per heavy atom. The van der Waals surface area contributed by atoms with Crippen molar-refractivity contribution in [3.63, 3.8) is 0 Å². The predicted octanol–water partition coefficient (Wildman–Crippen LogP) is 4.38. The van der Waals surface area contributed by atoms with Crippen LogP contribution in [0.25, 0.3) is 0 Å². The highest BCUT2D eigenvalue weighted by Gasteiger charge is 2.16. The number of rotatable bonds is 4. The average Bonchev–Trinajstić information content (AvgIpc) is 2.84. The van der Waals surface area contributed by atoms with Crippen molar-refractivity contribution in [3.8, 4) is 0 Å². The Bertz CT molecular complexity index is 487. The van der Waals surface area contributed by atoms with E-state index in [9.17, 15) is 0 Å². The van der Waals surface area contributed by atoms with Crippen LogP contribution in [0.4, 0.5) is 0 Å². The number of hydrogen-bond donors (Lipinski definition) is 1. The van der Waals surface area contributed by atoms with Gasteiger partial charge < -0.3 is 10.2 Å². The topological polar surface area (TPSA) is 39.2 Å². The van der Waals surface area contributed by atoms with Gasteiger partial charge in [0.15, 0.2) is 0 Å². The second-order valence-electron chi connectivity index (χ2n) is 3.43. The van der Waals surface area contributed by atoms with E-state index < -0.39 is 0 Å². The van der Waals surface area contributed by atoms with Crippen molar-refractivity contribution in [3.05, 3.63) is 52.4 Å². The number of benzene rings is 1. The van der Waals surface area contributed by atoms with Crippen molar-refractivity contribution in [2.24, 2.45) is 5.73 Å². The summed E-state index contributed by atoms with van der Waals surface area (Å²) in [5, 5.41) is 1.37. The minimum absolute atomic E-state index is 0.0426. The smallest absolute Gasteiger partial charge is 0.118 e. The Labute approximate surface area is 114 Å². The first-order chi connectivity index (χ1) is 8.20.